The second kappa shape index (κ2) is 6.44. The molecule has 1 N–H and O–H groups in total. The standard InChI is InChI=1S/C22H19NO2/c1-15(21-13-18-8-3-5-12-20(18)25-21)23-22(24)14-17-10-6-9-16-7-2-4-11-19(16)17/h2-13,15H,14H2,1H3,(H,23,24)/t15-/m1/s1. The average molecular weight is 329 g/mol. The number of amides is 1. The molecule has 0 radical (unpaired) electrons. The predicted molar refractivity (Wildman–Crippen MR) is 100 cm³/mol. The molecule has 0 saturated heterocycles. The molecule has 25 heavy (non-hydrogen) atoms. The molecule has 1 aromatic heterocycles. The van der Waals surface area contributed by atoms with Gasteiger partial charge < -0.3 is 9.73 Å². The molecule has 4 aromatic rings. The van der Waals surface area contributed by atoms with E-state index in [1.165, 1.54) is 0 Å². The molecule has 0 aliphatic heterocycles. The molecule has 0 spiro atoms. The highest BCUT2D eigenvalue weighted by atomic mass is 16.3. The summed E-state index contributed by atoms with van der Waals surface area (Å²) in [4.78, 5) is 12.5. The minimum Gasteiger partial charge on any atom is -0.459 e. The van der Waals surface area contributed by atoms with E-state index in [0.717, 1.165) is 33.1 Å². The fourth-order valence-corrected chi connectivity index (χ4v) is 3.20. The Morgan fingerprint density at radius 2 is 1.68 bits per heavy atom. The van der Waals surface area contributed by atoms with E-state index >= 15 is 0 Å². The van der Waals surface area contributed by atoms with Crippen molar-refractivity contribution in [2.75, 3.05) is 0 Å². The maximum absolute atomic E-state index is 12.5. The number of hydrogen-bond donors (Lipinski definition) is 1. The Balaban J connectivity index is 1.51. The number of carbonyl (C=O) groups excluding carboxylic acids is 1. The Labute approximate surface area is 146 Å². The van der Waals surface area contributed by atoms with Gasteiger partial charge in [-0.15, -0.1) is 0 Å². The largest absolute Gasteiger partial charge is 0.459 e. The number of furan rings is 1. The molecule has 3 nitrogen and oxygen atoms in total. The van der Waals surface area contributed by atoms with Gasteiger partial charge in [0.15, 0.2) is 0 Å². The quantitative estimate of drug-likeness (QED) is 0.572. The van der Waals surface area contributed by atoms with Crippen LogP contribution in [0.15, 0.2) is 77.2 Å². The van der Waals surface area contributed by atoms with E-state index < -0.39 is 0 Å². The van der Waals surface area contributed by atoms with Crippen molar-refractivity contribution in [1.82, 2.24) is 5.32 Å². The summed E-state index contributed by atoms with van der Waals surface area (Å²) < 4.78 is 5.84. The fourth-order valence-electron chi connectivity index (χ4n) is 3.20. The van der Waals surface area contributed by atoms with Gasteiger partial charge >= 0.3 is 0 Å². The molecule has 0 bridgehead atoms. The second-order valence-electron chi connectivity index (χ2n) is 6.29. The van der Waals surface area contributed by atoms with Crippen LogP contribution in [0, 0.1) is 0 Å². The molecule has 0 aliphatic rings. The Morgan fingerprint density at radius 3 is 2.52 bits per heavy atom. The molecular weight excluding hydrogens is 310 g/mol. The smallest absolute Gasteiger partial charge is 0.225 e. The zero-order valence-corrected chi connectivity index (χ0v) is 14.0. The number of rotatable bonds is 4. The Kier molecular flexibility index (Phi) is 3.98. The molecular formula is C22H19NO2. The fraction of sp³-hybridized carbons (Fsp3) is 0.136. The number of fused-ring (bicyclic) bond motifs is 2. The van der Waals surface area contributed by atoms with Gasteiger partial charge in [-0.1, -0.05) is 60.7 Å². The summed E-state index contributed by atoms with van der Waals surface area (Å²) in [6.07, 6.45) is 0.353. The van der Waals surface area contributed by atoms with Crippen molar-refractivity contribution in [2.45, 2.75) is 19.4 Å². The topological polar surface area (TPSA) is 42.2 Å². The van der Waals surface area contributed by atoms with Crippen molar-refractivity contribution in [2.24, 2.45) is 0 Å². The van der Waals surface area contributed by atoms with Crippen LogP contribution >= 0.6 is 0 Å². The SMILES string of the molecule is C[C@@H](NC(=O)Cc1cccc2ccccc12)c1cc2ccccc2o1. The van der Waals surface area contributed by atoms with E-state index in [4.69, 9.17) is 4.42 Å². The number of carbonyl (C=O) groups is 1. The Bertz CT molecular complexity index is 1010. The van der Waals surface area contributed by atoms with Crippen LogP contribution in [0.2, 0.25) is 0 Å². The molecule has 3 aromatic carbocycles. The molecule has 124 valence electrons. The highest BCUT2D eigenvalue weighted by Gasteiger charge is 2.15. The van der Waals surface area contributed by atoms with E-state index in [1.807, 2.05) is 61.5 Å². The van der Waals surface area contributed by atoms with Gasteiger partial charge in [0.2, 0.25) is 5.91 Å². The first-order valence-corrected chi connectivity index (χ1v) is 8.45. The lowest BCUT2D eigenvalue weighted by atomic mass is 10.0. The lowest BCUT2D eigenvalue weighted by Gasteiger charge is -2.12. The summed E-state index contributed by atoms with van der Waals surface area (Å²) in [5.41, 5.74) is 1.88. The molecule has 4 rings (SSSR count). The first kappa shape index (κ1) is 15.5. The Morgan fingerprint density at radius 1 is 0.960 bits per heavy atom. The van der Waals surface area contributed by atoms with Crippen LogP contribution in [0.1, 0.15) is 24.3 Å². The van der Waals surface area contributed by atoms with Gasteiger partial charge in [0.05, 0.1) is 12.5 Å². The van der Waals surface area contributed by atoms with E-state index in [-0.39, 0.29) is 11.9 Å². The van der Waals surface area contributed by atoms with Gasteiger partial charge in [0, 0.05) is 5.39 Å². The monoisotopic (exact) mass is 329 g/mol. The van der Waals surface area contributed by atoms with Gasteiger partial charge in [-0.05, 0) is 35.4 Å². The number of para-hydroxylation sites is 1. The summed E-state index contributed by atoms with van der Waals surface area (Å²) in [6.45, 7) is 1.94. The van der Waals surface area contributed by atoms with Gasteiger partial charge in [-0.3, -0.25) is 4.79 Å². The van der Waals surface area contributed by atoms with E-state index in [9.17, 15) is 4.79 Å². The molecule has 1 atom stereocenters. The molecule has 0 saturated carbocycles. The van der Waals surface area contributed by atoms with Crippen molar-refractivity contribution >= 4 is 27.6 Å². The number of nitrogens with one attached hydrogen (secondary N) is 1. The minimum absolute atomic E-state index is 0.00990. The highest BCUT2D eigenvalue weighted by molar-refractivity contribution is 5.90. The number of hydrogen-bond acceptors (Lipinski definition) is 2. The van der Waals surface area contributed by atoms with Crippen molar-refractivity contribution in [3.05, 3.63) is 84.1 Å². The molecule has 0 unspecified atom stereocenters. The molecule has 1 heterocycles. The summed E-state index contributed by atoms with van der Waals surface area (Å²) in [5.74, 6) is 0.761. The third-order valence-electron chi connectivity index (χ3n) is 4.48. The van der Waals surface area contributed by atoms with Crippen LogP contribution in [0.4, 0.5) is 0 Å². The first-order chi connectivity index (χ1) is 12.2. The maximum Gasteiger partial charge on any atom is 0.225 e. The van der Waals surface area contributed by atoms with Crippen LogP contribution < -0.4 is 5.32 Å². The number of benzene rings is 3. The van der Waals surface area contributed by atoms with E-state index in [1.54, 1.807) is 0 Å². The van der Waals surface area contributed by atoms with Crippen molar-refractivity contribution in [3.63, 3.8) is 0 Å². The normalized spacial score (nSPS) is 12.4. The zero-order chi connectivity index (χ0) is 17.2. The van der Waals surface area contributed by atoms with E-state index in [0.29, 0.717) is 6.42 Å². The van der Waals surface area contributed by atoms with Crippen LogP contribution in [0.3, 0.4) is 0 Å². The van der Waals surface area contributed by atoms with Crippen LogP contribution in [-0.2, 0) is 11.2 Å². The average Bonchev–Trinajstić information content (AvgIpc) is 3.06. The minimum atomic E-state index is -0.171. The van der Waals surface area contributed by atoms with Gasteiger partial charge in [0.25, 0.3) is 0 Å². The van der Waals surface area contributed by atoms with Crippen LogP contribution in [0.5, 0.6) is 0 Å². The summed E-state index contributed by atoms with van der Waals surface area (Å²) in [6, 6.07) is 23.9. The maximum atomic E-state index is 12.5. The lowest BCUT2D eigenvalue weighted by Crippen LogP contribution is -2.27. The highest BCUT2D eigenvalue weighted by Crippen LogP contribution is 2.24. The predicted octanol–water partition coefficient (Wildman–Crippen LogP) is 5.01. The van der Waals surface area contributed by atoms with Crippen LogP contribution in [0.25, 0.3) is 21.7 Å². The summed E-state index contributed by atoms with van der Waals surface area (Å²) in [5, 5.41) is 6.36. The van der Waals surface area contributed by atoms with E-state index in [2.05, 4.69) is 23.5 Å². The third-order valence-corrected chi connectivity index (χ3v) is 4.48. The first-order valence-electron chi connectivity index (χ1n) is 8.45. The van der Waals surface area contributed by atoms with Gasteiger partial charge in [-0.2, -0.15) is 0 Å². The van der Waals surface area contributed by atoms with Gasteiger partial charge in [0.1, 0.15) is 11.3 Å². The van der Waals surface area contributed by atoms with Gasteiger partial charge in [-0.25, -0.2) is 0 Å². The zero-order valence-electron chi connectivity index (χ0n) is 14.0. The Hall–Kier alpha value is -3.07. The van der Waals surface area contributed by atoms with Crippen molar-refractivity contribution in [3.8, 4) is 0 Å². The van der Waals surface area contributed by atoms with Crippen molar-refractivity contribution < 1.29 is 9.21 Å². The summed E-state index contributed by atoms with van der Waals surface area (Å²) in [7, 11) is 0. The van der Waals surface area contributed by atoms with Crippen molar-refractivity contribution in [1.29, 1.82) is 0 Å². The summed E-state index contributed by atoms with van der Waals surface area (Å²) >= 11 is 0. The lowest BCUT2D eigenvalue weighted by molar-refractivity contribution is -0.121. The third kappa shape index (κ3) is 3.13. The molecule has 0 fully saturated rings. The second-order valence-corrected chi connectivity index (χ2v) is 6.29. The molecule has 1 amide bonds. The molecule has 0 aliphatic carbocycles. The molecule has 3 heteroatoms. The van der Waals surface area contributed by atoms with Crippen LogP contribution in [-0.4, -0.2) is 5.91 Å².